The van der Waals surface area contributed by atoms with Crippen molar-refractivity contribution in [3.05, 3.63) is 60.2 Å². The first kappa shape index (κ1) is 16.5. The van der Waals surface area contributed by atoms with Crippen LogP contribution >= 0.6 is 12.4 Å². The summed E-state index contributed by atoms with van der Waals surface area (Å²) in [6.45, 7) is 1.94. The Kier molecular flexibility index (Phi) is 4.84. The molecular weight excluding hydrogens is 294 g/mol. The average Bonchev–Trinajstić information content (AvgIpc) is 2.52. The standard InChI is InChI=1S/C19H19NO.ClH/c1-13(20(2)3)19(21)16-10-11-18-15(12-16)9-8-14-6-4-5-7-17(14)18;/h4-13H,1-3H3;1H. The van der Waals surface area contributed by atoms with E-state index in [1.165, 1.54) is 16.2 Å². The van der Waals surface area contributed by atoms with Crippen molar-refractivity contribution in [1.82, 2.24) is 4.90 Å². The quantitative estimate of drug-likeness (QED) is 0.522. The first-order valence-corrected chi connectivity index (χ1v) is 7.20. The summed E-state index contributed by atoms with van der Waals surface area (Å²) >= 11 is 0. The minimum atomic E-state index is -0.108. The number of likely N-dealkylation sites (N-methyl/N-ethyl adjacent to an activating group) is 1. The number of carbonyl (C=O) groups is 1. The highest BCUT2D eigenvalue weighted by Crippen LogP contribution is 2.26. The number of hydrogen-bond acceptors (Lipinski definition) is 2. The van der Waals surface area contributed by atoms with Crippen LogP contribution < -0.4 is 0 Å². The van der Waals surface area contributed by atoms with Crippen LogP contribution in [-0.2, 0) is 0 Å². The summed E-state index contributed by atoms with van der Waals surface area (Å²) in [7, 11) is 3.86. The van der Waals surface area contributed by atoms with Gasteiger partial charge in [0.15, 0.2) is 5.78 Å². The Balaban J connectivity index is 0.00000176. The van der Waals surface area contributed by atoms with Crippen molar-refractivity contribution in [3.63, 3.8) is 0 Å². The number of halogens is 1. The van der Waals surface area contributed by atoms with Gasteiger partial charge in [0, 0.05) is 5.56 Å². The molecular formula is C19H20ClNO. The van der Waals surface area contributed by atoms with Gasteiger partial charge in [0.1, 0.15) is 0 Å². The summed E-state index contributed by atoms with van der Waals surface area (Å²) < 4.78 is 0. The predicted molar refractivity (Wildman–Crippen MR) is 96.2 cm³/mol. The molecule has 0 saturated carbocycles. The van der Waals surface area contributed by atoms with E-state index in [1.54, 1.807) is 0 Å². The Bertz CT molecular complexity index is 826. The van der Waals surface area contributed by atoms with E-state index in [0.717, 1.165) is 10.9 Å². The molecule has 1 unspecified atom stereocenters. The molecule has 3 aromatic rings. The summed E-state index contributed by atoms with van der Waals surface area (Å²) in [5.74, 6) is 0.162. The van der Waals surface area contributed by atoms with E-state index in [4.69, 9.17) is 0 Å². The summed E-state index contributed by atoms with van der Waals surface area (Å²) in [4.78, 5) is 14.4. The van der Waals surface area contributed by atoms with Crippen LogP contribution in [0, 0.1) is 0 Å². The molecule has 3 aromatic carbocycles. The van der Waals surface area contributed by atoms with Crippen molar-refractivity contribution >= 4 is 39.7 Å². The Hall–Kier alpha value is -1.90. The maximum absolute atomic E-state index is 12.5. The Morgan fingerprint density at radius 2 is 1.55 bits per heavy atom. The Morgan fingerprint density at radius 3 is 2.27 bits per heavy atom. The van der Waals surface area contributed by atoms with Gasteiger partial charge in [-0.25, -0.2) is 0 Å². The largest absolute Gasteiger partial charge is 0.300 e. The number of fused-ring (bicyclic) bond motifs is 3. The van der Waals surface area contributed by atoms with E-state index in [2.05, 4.69) is 36.4 Å². The number of Topliss-reactive ketones (excluding diaryl/α,β-unsaturated/α-hetero) is 1. The van der Waals surface area contributed by atoms with Crippen LogP contribution in [-0.4, -0.2) is 30.8 Å². The molecule has 0 radical (unpaired) electrons. The number of carbonyl (C=O) groups excluding carboxylic acids is 1. The lowest BCUT2D eigenvalue weighted by Crippen LogP contribution is -2.32. The number of benzene rings is 3. The molecule has 22 heavy (non-hydrogen) atoms. The summed E-state index contributed by atoms with van der Waals surface area (Å²) in [5, 5.41) is 4.77. The van der Waals surface area contributed by atoms with Crippen molar-refractivity contribution in [2.24, 2.45) is 0 Å². The van der Waals surface area contributed by atoms with Crippen LogP contribution in [0.3, 0.4) is 0 Å². The normalized spacial score (nSPS) is 12.4. The van der Waals surface area contributed by atoms with Crippen LogP contribution in [0.25, 0.3) is 21.5 Å². The van der Waals surface area contributed by atoms with Crippen LogP contribution in [0.2, 0.25) is 0 Å². The van der Waals surface area contributed by atoms with Gasteiger partial charge in [-0.15, -0.1) is 12.4 Å². The average molecular weight is 314 g/mol. The van der Waals surface area contributed by atoms with Crippen LogP contribution in [0.15, 0.2) is 54.6 Å². The Labute approximate surface area is 137 Å². The SMILES string of the molecule is CC(C(=O)c1ccc2c(ccc3ccccc32)c1)N(C)C.Cl. The van der Waals surface area contributed by atoms with Crippen molar-refractivity contribution in [2.45, 2.75) is 13.0 Å². The minimum Gasteiger partial charge on any atom is -0.300 e. The number of nitrogens with zero attached hydrogens (tertiary/aromatic N) is 1. The van der Waals surface area contributed by atoms with E-state index < -0.39 is 0 Å². The van der Waals surface area contributed by atoms with Gasteiger partial charge in [-0.1, -0.05) is 48.5 Å². The highest BCUT2D eigenvalue weighted by Gasteiger charge is 2.17. The van der Waals surface area contributed by atoms with Gasteiger partial charge >= 0.3 is 0 Å². The third-order valence-corrected chi connectivity index (χ3v) is 4.18. The van der Waals surface area contributed by atoms with Gasteiger partial charge in [0.2, 0.25) is 0 Å². The molecule has 0 saturated heterocycles. The van der Waals surface area contributed by atoms with Gasteiger partial charge in [0.25, 0.3) is 0 Å². The second kappa shape index (κ2) is 6.47. The number of rotatable bonds is 3. The van der Waals surface area contributed by atoms with Crippen molar-refractivity contribution in [2.75, 3.05) is 14.1 Å². The molecule has 0 aliphatic rings. The second-order valence-electron chi connectivity index (χ2n) is 5.73. The first-order chi connectivity index (χ1) is 10.1. The molecule has 1 atom stereocenters. The fourth-order valence-electron chi connectivity index (χ4n) is 2.64. The zero-order valence-electron chi connectivity index (χ0n) is 13.0. The summed E-state index contributed by atoms with van der Waals surface area (Å²) in [5.41, 5.74) is 0.777. The number of ketones is 1. The Morgan fingerprint density at radius 1 is 0.909 bits per heavy atom. The molecule has 0 N–H and O–H groups in total. The third kappa shape index (κ3) is 2.85. The smallest absolute Gasteiger partial charge is 0.179 e. The van der Waals surface area contributed by atoms with Gasteiger partial charge < -0.3 is 0 Å². The van der Waals surface area contributed by atoms with Gasteiger partial charge in [0.05, 0.1) is 6.04 Å². The molecule has 3 rings (SSSR count). The van der Waals surface area contributed by atoms with Gasteiger partial charge in [-0.05, 0) is 48.6 Å². The van der Waals surface area contributed by atoms with Crippen LogP contribution in [0.5, 0.6) is 0 Å². The predicted octanol–water partition coefficient (Wildman–Crippen LogP) is 4.55. The molecule has 3 heteroatoms. The van der Waals surface area contributed by atoms with Crippen molar-refractivity contribution in [1.29, 1.82) is 0 Å². The molecule has 0 aliphatic heterocycles. The summed E-state index contributed by atoms with van der Waals surface area (Å²) in [6, 6.07) is 18.4. The zero-order valence-corrected chi connectivity index (χ0v) is 13.9. The minimum absolute atomic E-state index is 0. The fourth-order valence-corrected chi connectivity index (χ4v) is 2.64. The highest BCUT2D eigenvalue weighted by atomic mass is 35.5. The lowest BCUT2D eigenvalue weighted by Gasteiger charge is -2.18. The van der Waals surface area contributed by atoms with Crippen LogP contribution in [0.1, 0.15) is 17.3 Å². The van der Waals surface area contributed by atoms with E-state index in [9.17, 15) is 4.79 Å². The van der Waals surface area contributed by atoms with E-state index in [1.807, 2.05) is 44.1 Å². The molecule has 0 aromatic heterocycles. The maximum Gasteiger partial charge on any atom is 0.179 e. The lowest BCUT2D eigenvalue weighted by molar-refractivity contribution is 0.0891. The van der Waals surface area contributed by atoms with E-state index in [-0.39, 0.29) is 24.2 Å². The molecule has 0 fully saturated rings. The molecule has 0 amide bonds. The second-order valence-corrected chi connectivity index (χ2v) is 5.73. The monoisotopic (exact) mass is 313 g/mol. The third-order valence-electron chi connectivity index (χ3n) is 4.18. The first-order valence-electron chi connectivity index (χ1n) is 7.20. The van der Waals surface area contributed by atoms with Gasteiger partial charge in [-0.3, -0.25) is 9.69 Å². The van der Waals surface area contributed by atoms with E-state index in [0.29, 0.717) is 0 Å². The van der Waals surface area contributed by atoms with E-state index >= 15 is 0 Å². The topological polar surface area (TPSA) is 20.3 Å². The van der Waals surface area contributed by atoms with Crippen LogP contribution in [0.4, 0.5) is 0 Å². The van der Waals surface area contributed by atoms with Crippen molar-refractivity contribution < 1.29 is 4.79 Å². The molecule has 0 aliphatic carbocycles. The molecule has 114 valence electrons. The molecule has 2 nitrogen and oxygen atoms in total. The zero-order chi connectivity index (χ0) is 15.0. The number of hydrogen-bond donors (Lipinski definition) is 0. The lowest BCUT2D eigenvalue weighted by atomic mass is 9.97. The molecule has 0 heterocycles. The van der Waals surface area contributed by atoms with Crippen molar-refractivity contribution in [3.8, 4) is 0 Å². The molecule has 0 spiro atoms. The summed E-state index contributed by atoms with van der Waals surface area (Å²) in [6.07, 6.45) is 0. The maximum atomic E-state index is 12.5. The highest BCUT2D eigenvalue weighted by molar-refractivity contribution is 6.10. The van der Waals surface area contributed by atoms with Gasteiger partial charge in [-0.2, -0.15) is 0 Å². The molecule has 0 bridgehead atoms. The fraction of sp³-hybridized carbons (Fsp3) is 0.211.